The van der Waals surface area contributed by atoms with E-state index in [0.29, 0.717) is 0 Å². The second-order valence-electron chi connectivity index (χ2n) is 4.03. The summed E-state index contributed by atoms with van der Waals surface area (Å²) < 4.78 is 10.3. The van der Waals surface area contributed by atoms with Crippen molar-refractivity contribution in [3.63, 3.8) is 0 Å². The van der Waals surface area contributed by atoms with Crippen LogP contribution in [0.15, 0.2) is 0 Å². The van der Waals surface area contributed by atoms with Gasteiger partial charge in [-0.3, -0.25) is 0 Å². The largest absolute Gasteiger partial charge is 0.388 e. The molecule has 13 heavy (non-hydrogen) atoms. The molecule has 0 bridgehead atoms. The van der Waals surface area contributed by atoms with Gasteiger partial charge in [-0.25, -0.2) is 0 Å². The van der Waals surface area contributed by atoms with Gasteiger partial charge in [0.2, 0.25) is 0 Å². The van der Waals surface area contributed by atoms with Crippen molar-refractivity contribution in [2.75, 3.05) is 13.2 Å². The molecule has 5 heteroatoms. The Bertz CT molecular complexity index is 217. The van der Waals surface area contributed by atoms with Gasteiger partial charge in [-0.2, -0.15) is 0 Å². The van der Waals surface area contributed by atoms with Crippen molar-refractivity contribution in [3.05, 3.63) is 0 Å². The van der Waals surface area contributed by atoms with E-state index in [-0.39, 0.29) is 19.6 Å². The third-order valence-electron chi connectivity index (χ3n) is 2.70. The van der Waals surface area contributed by atoms with E-state index in [2.05, 4.69) is 0 Å². The van der Waals surface area contributed by atoms with E-state index in [0.717, 1.165) is 0 Å². The summed E-state index contributed by atoms with van der Waals surface area (Å²) in [6.07, 6.45) is -1.66. The Labute approximate surface area is 75.9 Å². The molecule has 0 aliphatic carbocycles. The third-order valence-corrected chi connectivity index (χ3v) is 2.70. The zero-order valence-corrected chi connectivity index (χ0v) is 7.43. The van der Waals surface area contributed by atoms with E-state index in [9.17, 15) is 15.3 Å². The van der Waals surface area contributed by atoms with Crippen LogP contribution in [0.2, 0.25) is 0 Å². The fraction of sp³-hybridized carbons (Fsp3) is 1.00. The van der Waals surface area contributed by atoms with Gasteiger partial charge in [0.25, 0.3) is 0 Å². The number of aliphatic hydroxyl groups excluding tert-OH is 2. The van der Waals surface area contributed by atoms with Gasteiger partial charge >= 0.3 is 0 Å². The predicted molar refractivity (Wildman–Crippen MR) is 41.9 cm³/mol. The lowest BCUT2D eigenvalue weighted by molar-refractivity contribution is -0.155. The Balaban J connectivity index is 2.16. The minimum atomic E-state index is -1.26. The molecule has 0 saturated carbocycles. The van der Waals surface area contributed by atoms with Crippen LogP contribution in [-0.4, -0.2) is 52.1 Å². The summed E-state index contributed by atoms with van der Waals surface area (Å²) in [7, 11) is 0. The van der Waals surface area contributed by atoms with Gasteiger partial charge < -0.3 is 24.8 Å². The molecular formula is C8H14O5. The summed E-state index contributed by atoms with van der Waals surface area (Å²) >= 11 is 0. The Morgan fingerprint density at radius 1 is 1.31 bits per heavy atom. The van der Waals surface area contributed by atoms with Crippen molar-refractivity contribution in [3.8, 4) is 0 Å². The van der Waals surface area contributed by atoms with Crippen LogP contribution in [0, 0.1) is 0 Å². The molecule has 1 spiro atoms. The molecule has 2 aliphatic heterocycles. The second-order valence-corrected chi connectivity index (χ2v) is 4.03. The highest BCUT2D eigenvalue weighted by Gasteiger charge is 2.57. The van der Waals surface area contributed by atoms with Gasteiger partial charge in [0.1, 0.15) is 17.8 Å². The van der Waals surface area contributed by atoms with Crippen LogP contribution < -0.4 is 0 Å². The van der Waals surface area contributed by atoms with Crippen LogP contribution in [0.4, 0.5) is 0 Å². The smallest absolute Gasteiger partial charge is 0.165 e. The molecule has 2 rings (SSSR count). The van der Waals surface area contributed by atoms with Crippen molar-refractivity contribution < 1.29 is 24.8 Å². The van der Waals surface area contributed by atoms with Gasteiger partial charge in [0.15, 0.2) is 5.79 Å². The summed E-state index contributed by atoms with van der Waals surface area (Å²) in [6.45, 7) is 1.74. The predicted octanol–water partition coefficient (Wildman–Crippen LogP) is -1.39. The molecule has 2 saturated heterocycles. The molecule has 2 aliphatic rings. The lowest BCUT2D eigenvalue weighted by Crippen LogP contribution is -2.44. The van der Waals surface area contributed by atoms with Gasteiger partial charge in [0, 0.05) is 6.42 Å². The van der Waals surface area contributed by atoms with Crippen LogP contribution in [0.3, 0.4) is 0 Å². The first kappa shape index (κ1) is 9.36. The molecule has 0 aromatic heterocycles. The fourth-order valence-corrected chi connectivity index (χ4v) is 2.00. The number of hydrogen-bond donors (Lipinski definition) is 3. The fourth-order valence-electron chi connectivity index (χ4n) is 2.00. The zero-order valence-electron chi connectivity index (χ0n) is 7.43. The highest BCUT2D eigenvalue weighted by atomic mass is 16.7. The highest BCUT2D eigenvalue weighted by molar-refractivity contribution is 5.03. The number of ether oxygens (including phenoxy) is 2. The normalized spacial score (nSPS) is 56.3. The van der Waals surface area contributed by atoms with E-state index >= 15 is 0 Å². The number of aliphatic hydroxyl groups is 3. The SMILES string of the molecule is CC1(O)C[C@@]2(CO1)OC[C@@H](O)[C@@H]2O. The molecule has 76 valence electrons. The molecule has 4 atom stereocenters. The minimum absolute atomic E-state index is 0.0978. The summed E-state index contributed by atoms with van der Waals surface area (Å²) in [5.74, 6) is -1.26. The molecule has 0 aromatic rings. The first-order chi connectivity index (χ1) is 5.95. The summed E-state index contributed by atoms with van der Waals surface area (Å²) in [4.78, 5) is 0. The van der Waals surface area contributed by atoms with Gasteiger partial charge in [0.05, 0.1) is 13.2 Å². The maximum Gasteiger partial charge on any atom is 0.165 e. The van der Waals surface area contributed by atoms with Gasteiger partial charge in [-0.15, -0.1) is 0 Å². The topological polar surface area (TPSA) is 79.2 Å². The Morgan fingerprint density at radius 3 is 2.38 bits per heavy atom. The number of rotatable bonds is 0. The van der Waals surface area contributed by atoms with E-state index in [1.807, 2.05) is 0 Å². The minimum Gasteiger partial charge on any atom is -0.388 e. The van der Waals surface area contributed by atoms with Gasteiger partial charge in [-0.1, -0.05) is 0 Å². The van der Waals surface area contributed by atoms with Crippen LogP contribution in [0.25, 0.3) is 0 Å². The first-order valence-corrected chi connectivity index (χ1v) is 4.32. The maximum absolute atomic E-state index is 9.61. The third kappa shape index (κ3) is 1.37. The van der Waals surface area contributed by atoms with E-state index in [1.54, 1.807) is 0 Å². The van der Waals surface area contributed by atoms with Crippen molar-refractivity contribution in [1.29, 1.82) is 0 Å². The zero-order chi connectivity index (χ0) is 9.69. The quantitative estimate of drug-likeness (QED) is 0.438. The van der Waals surface area contributed by atoms with Crippen molar-refractivity contribution in [1.82, 2.24) is 0 Å². The summed E-state index contributed by atoms with van der Waals surface area (Å²) in [5, 5.41) is 28.4. The molecule has 0 amide bonds. The first-order valence-electron chi connectivity index (χ1n) is 4.32. The molecule has 0 radical (unpaired) electrons. The van der Waals surface area contributed by atoms with Gasteiger partial charge in [-0.05, 0) is 6.92 Å². The standard InChI is InChI=1S/C8H14O5/c1-7(11)3-8(4-13-7)6(10)5(9)2-12-8/h5-6,9-11H,2-4H2,1H3/t5-,6+,7?,8+/m1/s1. The van der Waals surface area contributed by atoms with E-state index in [4.69, 9.17) is 9.47 Å². The lowest BCUT2D eigenvalue weighted by Gasteiger charge is -2.25. The van der Waals surface area contributed by atoms with Crippen molar-refractivity contribution >= 4 is 0 Å². The molecule has 3 N–H and O–H groups in total. The van der Waals surface area contributed by atoms with Crippen LogP contribution in [0.1, 0.15) is 13.3 Å². The van der Waals surface area contributed by atoms with E-state index < -0.39 is 23.6 Å². The average molecular weight is 190 g/mol. The molecule has 2 heterocycles. The molecule has 2 fully saturated rings. The highest BCUT2D eigenvalue weighted by Crippen LogP contribution is 2.40. The molecule has 0 aromatic carbocycles. The Hall–Kier alpha value is -0.200. The van der Waals surface area contributed by atoms with Crippen LogP contribution in [-0.2, 0) is 9.47 Å². The lowest BCUT2D eigenvalue weighted by atomic mass is 9.92. The molecule has 5 nitrogen and oxygen atoms in total. The second kappa shape index (κ2) is 2.65. The van der Waals surface area contributed by atoms with Crippen molar-refractivity contribution in [2.24, 2.45) is 0 Å². The summed E-state index contributed by atoms with van der Waals surface area (Å²) in [5.41, 5.74) is -0.914. The summed E-state index contributed by atoms with van der Waals surface area (Å²) in [6, 6.07) is 0. The Morgan fingerprint density at radius 2 is 2.00 bits per heavy atom. The van der Waals surface area contributed by atoms with Crippen molar-refractivity contribution in [2.45, 2.75) is 36.9 Å². The Kier molecular flexibility index (Phi) is 1.91. The van der Waals surface area contributed by atoms with E-state index in [1.165, 1.54) is 6.92 Å². The van der Waals surface area contributed by atoms with Crippen LogP contribution >= 0.6 is 0 Å². The van der Waals surface area contributed by atoms with Crippen LogP contribution in [0.5, 0.6) is 0 Å². The molecular weight excluding hydrogens is 176 g/mol. The molecule has 1 unspecified atom stereocenters. The number of hydrogen-bond acceptors (Lipinski definition) is 5. The average Bonchev–Trinajstić information content (AvgIpc) is 2.48. The maximum atomic E-state index is 9.61. The monoisotopic (exact) mass is 190 g/mol.